The van der Waals surface area contributed by atoms with Crippen LogP contribution in [-0.4, -0.2) is 28.6 Å². The lowest BCUT2D eigenvalue weighted by atomic mass is 10.1. The van der Waals surface area contributed by atoms with Gasteiger partial charge in [-0.2, -0.15) is 0 Å². The van der Waals surface area contributed by atoms with Crippen molar-refractivity contribution < 1.29 is 9.53 Å². The summed E-state index contributed by atoms with van der Waals surface area (Å²) in [6.07, 6.45) is 0.468. The van der Waals surface area contributed by atoms with Gasteiger partial charge in [-0.15, -0.1) is 0 Å². The topological polar surface area (TPSA) is 47.4 Å². The highest BCUT2D eigenvalue weighted by Crippen LogP contribution is 2.34. The van der Waals surface area contributed by atoms with Gasteiger partial charge >= 0.3 is 0 Å². The van der Waals surface area contributed by atoms with Crippen molar-refractivity contribution in [3.05, 3.63) is 89.2 Å². The molecule has 1 aliphatic heterocycles. The summed E-state index contributed by atoms with van der Waals surface area (Å²) in [6, 6.07) is 22.5. The predicted octanol–water partition coefficient (Wildman–Crippen LogP) is 5.56. The van der Waals surface area contributed by atoms with Crippen molar-refractivity contribution >= 4 is 22.6 Å². The predicted molar refractivity (Wildman–Crippen MR) is 132 cm³/mol. The minimum atomic E-state index is 0.0454. The molecule has 0 saturated carbocycles. The maximum absolute atomic E-state index is 13.0. The SMILES string of the molecule is Cc1ccc(N2CC(c3nc4ccccc4n3CCOc3ccccc3C)CC2=O)c(C)c1. The van der Waals surface area contributed by atoms with Crippen LogP contribution in [0.15, 0.2) is 66.7 Å². The Hall–Kier alpha value is -3.60. The Morgan fingerprint density at radius 1 is 0.970 bits per heavy atom. The van der Waals surface area contributed by atoms with Crippen molar-refractivity contribution in [2.24, 2.45) is 0 Å². The average Bonchev–Trinajstić information content (AvgIpc) is 3.36. The third-order valence-electron chi connectivity index (χ3n) is 6.48. The zero-order chi connectivity index (χ0) is 22.9. The summed E-state index contributed by atoms with van der Waals surface area (Å²) in [5, 5.41) is 0. The van der Waals surface area contributed by atoms with E-state index >= 15 is 0 Å². The van der Waals surface area contributed by atoms with E-state index in [4.69, 9.17) is 9.72 Å². The number of carbonyl (C=O) groups is 1. The van der Waals surface area contributed by atoms with E-state index in [1.807, 2.05) is 41.3 Å². The molecule has 0 radical (unpaired) electrons. The van der Waals surface area contributed by atoms with Crippen LogP contribution in [0.5, 0.6) is 5.75 Å². The van der Waals surface area contributed by atoms with Gasteiger partial charge in [0, 0.05) is 24.6 Å². The molecular weight excluding hydrogens is 410 g/mol. The summed E-state index contributed by atoms with van der Waals surface area (Å²) in [5.74, 6) is 2.07. The average molecular weight is 440 g/mol. The highest BCUT2D eigenvalue weighted by Gasteiger charge is 2.35. The van der Waals surface area contributed by atoms with E-state index in [2.05, 4.69) is 55.7 Å². The van der Waals surface area contributed by atoms with Crippen molar-refractivity contribution in [2.45, 2.75) is 39.7 Å². The van der Waals surface area contributed by atoms with Crippen LogP contribution < -0.4 is 9.64 Å². The highest BCUT2D eigenvalue weighted by atomic mass is 16.5. The first kappa shape index (κ1) is 21.3. The molecule has 1 fully saturated rings. The molecule has 3 aromatic carbocycles. The fourth-order valence-corrected chi connectivity index (χ4v) is 4.83. The Kier molecular flexibility index (Phi) is 5.63. The van der Waals surface area contributed by atoms with Crippen LogP contribution in [0.4, 0.5) is 5.69 Å². The van der Waals surface area contributed by atoms with E-state index in [-0.39, 0.29) is 11.8 Å². The molecule has 5 rings (SSSR count). The standard InChI is InChI=1S/C28H29N3O2/c1-19-12-13-24(21(3)16-19)31-18-22(17-27(31)32)28-29-23-9-5-6-10-25(23)30(28)14-15-33-26-11-7-4-8-20(26)2/h4-13,16,22H,14-15,17-18H2,1-3H3. The summed E-state index contributed by atoms with van der Waals surface area (Å²) in [5.41, 5.74) is 6.50. The lowest BCUT2D eigenvalue weighted by Crippen LogP contribution is -2.25. The van der Waals surface area contributed by atoms with E-state index in [0.717, 1.165) is 39.4 Å². The Morgan fingerprint density at radius 2 is 1.76 bits per heavy atom. The molecule has 1 unspecified atom stereocenters. The number of fused-ring (bicyclic) bond motifs is 1. The number of hydrogen-bond donors (Lipinski definition) is 0. The first-order valence-electron chi connectivity index (χ1n) is 11.5. The van der Waals surface area contributed by atoms with E-state index in [9.17, 15) is 4.79 Å². The first-order valence-corrected chi connectivity index (χ1v) is 11.5. The third kappa shape index (κ3) is 4.11. The van der Waals surface area contributed by atoms with Gasteiger partial charge in [0.15, 0.2) is 0 Å². The van der Waals surface area contributed by atoms with Crippen molar-refractivity contribution in [1.29, 1.82) is 0 Å². The zero-order valence-corrected chi connectivity index (χ0v) is 19.4. The monoisotopic (exact) mass is 439 g/mol. The minimum Gasteiger partial charge on any atom is -0.491 e. The quantitative estimate of drug-likeness (QED) is 0.395. The number of imidazole rings is 1. The minimum absolute atomic E-state index is 0.0454. The third-order valence-corrected chi connectivity index (χ3v) is 6.48. The van der Waals surface area contributed by atoms with Crippen molar-refractivity contribution in [3.8, 4) is 5.75 Å². The number of anilines is 1. The van der Waals surface area contributed by atoms with Gasteiger partial charge in [-0.05, 0) is 56.2 Å². The van der Waals surface area contributed by atoms with Gasteiger partial charge in [0.1, 0.15) is 18.2 Å². The van der Waals surface area contributed by atoms with Gasteiger partial charge < -0.3 is 14.2 Å². The number of aromatic nitrogens is 2. The Bertz CT molecular complexity index is 1320. The normalized spacial score (nSPS) is 16.0. The lowest BCUT2D eigenvalue weighted by Gasteiger charge is -2.20. The highest BCUT2D eigenvalue weighted by molar-refractivity contribution is 5.97. The number of benzene rings is 3. The van der Waals surface area contributed by atoms with Crippen LogP contribution in [0.1, 0.15) is 34.9 Å². The van der Waals surface area contributed by atoms with Gasteiger partial charge in [-0.1, -0.05) is 48.0 Å². The molecule has 168 valence electrons. The Morgan fingerprint density at radius 3 is 2.58 bits per heavy atom. The zero-order valence-electron chi connectivity index (χ0n) is 19.4. The molecule has 1 aliphatic rings. The molecule has 0 spiro atoms. The van der Waals surface area contributed by atoms with Crippen molar-refractivity contribution in [2.75, 3.05) is 18.1 Å². The second-order valence-corrected chi connectivity index (χ2v) is 8.92. The summed E-state index contributed by atoms with van der Waals surface area (Å²) < 4.78 is 8.32. The molecule has 0 N–H and O–H groups in total. The molecule has 5 nitrogen and oxygen atoms in total. The van der Waals surface area contributed by atoms with Crippen LogP contribution in [0.2, 0.25) is 0 Å². The van der Waals surface area contributed by atoms with Gasteiger partial charge in [-0.25, -0.2) is 4.98 Å². The summed E-state index contributed by atoms with van der Waals surface area (Å²) in [6.45, 7) is 8.07. The summed E-state index contributed by atoms with van der Waals surface area (Å²) >= 11 is 0. The van der Waals surface area contributed by atoms with Crippen LogP contribution in [-0.2, 0) is 11.3 Å². The molecule has 1 amide bonds. The molecular formula is C28H29N3O2. The molecule has 4 aromatic rings. The van der Waals surface area contributed by atoms with Gasteiger partial charge in [0.25, 0.3) is 0 Å². The van der Waals surface area contributed by atoms with Gasteiger partial charge in [0.2, 0.25) is 5.91 Å². The Balaban J connectivity index is 1.42. The number of carbonyl (C=O) groups excluding carboxylic acids is 1. The first-order chi connectivity index (χ1) is 16.0. The number of nitrogens with zero attached hydrogens (tertiary/aromatic N) is 3. The number of rotatable bonds is 6. The van der Waals surface area contributed by atoms with E-state index < -0.39 is 0 Å². The van der Waals surface area contributed by atoms with Crippen LogP contribution in [0, 0.1) is 20.8 Å². The van der Waals surface area contributed by atoms with Gasteiger partial charge in [0.05, 0.1) is 17.6 Å². The van der Waals surface area contributed by atoms with Crippen LogP contribution in [0.25, 0.3) is 11.0 Å². The lowest BCUT2D eigenvalue weighted by molar-refractivity contribution is -0.117. The van der Waals surface area contributed by atoms with Crippen molar-refractivity contribution in [3.63, 3.8) is 0 Å². The fourth-order valence-electron chi connectivity index (χ4n) is 4.83. The Labute approximate surface area is 194 Å². The molecule has 1 atom stereocenters. The van der Waals surface area contributed by atoms with Gasteiger partial charge in [-0.3, -0.25) is 4.79 Å². The second kappa shape index (κ2) is 8.74. The van der Waals surface area contributed by atoms with Crippen molar-refractivity contribution in [1.82, 2.24) is 9.55 Å². The molecule has 0 bridgehead atoms. The summed E-state index contributed by atoms with van der Waals surface area (Å²) in [4.78, 5) is 19.9. The molecule has 2 heterocycles. The fraction of sp³-hybridized carbons (Fsp3) is 0.286. The largest absolute Gasteiger partial charge is 0.491 e. The van der Waals surface area contributed by atoms with E-state index in [1.54, 1.807) is 0 Å². The van der Waals surface area contributed by atoms with Crippen LogP contribution in [0.3, 0.4) is 0 Å². The molecule has 0 aliphatic carbocycles. The summed E-state index contributed by atoms with van der Waals surface area (Å²) in [7, 11) is 0. The maximum Gasteiger partial charge on any atom is 0.227 e. The number of para-hydroxylation sites is 3. The van der Waals surface area contributed by atoms with Crippen LogP contribution >= 0.6 is 0 Å². The second-order valence-electron chi connectivity index (χ2n) is 8.92. The molecule has 1 aromatic heterocycles. The smallest absolute Gasteiger partial charge is 0.227 e. The number of amides is 1. The number of aryl methyl sites for hydroxylation is 3. The maximum atomic E-state index is 13.0. The molecule has 33 heavy (non-hydrogen) atoms. The van der Waals surface area contributed by atoms with E-state index in [1.165, 1.54) is 5.56 Å². The number of ether oxygens (including phenoxy) is 1. The molecule has 1 saturated heterocycles. The van der Waals surface area contributed by atoms with E-state index in [0.29, 0.717) is 26.1 Å². The molecule has 5 heteroatoms. The number of hydrogen-bond acceptors (Lipinski definition) is 3.